The molecule has 2 amide bonds. The average Bonchev–Trinajstić information content (AvgIpc) is 2.88. The predicted octanol–water partition coefficient (Wildman–Crippen LogP) is 1.99. The highest BCUT2D eigenvalue weighted by atomic mass is 35.5. The summed E-state index contributed by atoms with van der Waals surface area (Å²) >= 11 is 5.89. The van der Waals surface area contributed by atoms with Crippen LogP contribution in [0.25, 0.3) is 0 Å². The summed E-state index contributed by atoms with van der Waals surface area (Å²) in [6, 6.07) is 3.73. The van der Waals surface area contributed by atoms with Gasteiger partial charge in [-0.2, -0.15) is 0 Å². The molecule has 1 N–H and O–H groups in total. The van der Waals surface area contributed by atoms with Crippen LogP contribution in [0.5, 0.6) is 0 Å². The van der Waals surface area contributed by atoms with Gasteiger partial charge in [-0.1, -0.05) is 11.6 Å². The van der Waals surface area contributed by atoms with Gasteiger partial charge in [0.05, 0.1) is 15.5 Å². The van der Waals surface area contributed by atoms with Gasteiger partial charge in [0.25, 0.3) is 11.6 Å². The predicted molar refractivity (Wildman–Crippen MR) is 80.9 cm³/mol. The molecule has 0 aromatic heterocycles. The molecule has 22 heavy (non-hydrogen) atoms. The van der Waals surface area contributed by atoms with E-state index in [-0.39, 0.29) is 28.1 Å². The molecule has 1 aliphatic rings. The number of nitrogens with one attached hydrogen (secondary N) is 1. The molecule has 1 aromatic rings. The van der Waals surface area contributed by atoms with Crippen molar-refractivity contribution in [1.29, 1.82) is 0 Å². The van der Waals surface area contributed by atoms with Crippen molar-refractivity contribution in [3.05, 3.63) is 38.9 Å². The Morgan fingerprint density at radius 1 is 1.45 bits per heavy atom. The minimum absolute atomic E-state index is 0.0430. The van der Waals surface area contributed by atoms with Crippen molar-refractivity contribution in [2.24, 2.45) is 0 Å². The van der Waals surface area contributed by atoms with Gasteiger partial charge >= 0.3 is 0 Å². The molecule has 0 unspecified atom stereocenters. The highest BCUT2D eigenvalue weighted by Gasteiger charge is 2.19. The van der Waals surface area contributed by atoms with Crippen LogP contribution in [-0.4, -0.2) is 41.3 Å². The van der Waals surface area contributed by atoms with E-state index >= 15 is 0 Å². The average molecular weight is 326 g/mol. The second kappa shape index (κ2) is 7.22. The number of likely N-dealkylation sites (tertiary alicyclic amines) is 1. The van der Waals surface area contributed by atoms with Crippen molar-refractivity contribution in [2.45, 2.75) is 19.3 Å². The molecule has 8 heteroatoms. The van der Waals surface area contributed by atoms with Crippen LogP contribution in [0.15, 0.2) is 18.2 Å². The summed E-state index contributed by atoms with van der Waals surface area (Å²) in [4.78, 5) is 35.2. The minimum Gasteiger partial charge on any atom is -0.352 e. The molecule has 0 aliphatic carbocycles. The number of hydrogen-bond acceptors (Lipinski definition) is 4. The number of hydrogen-bond donors (Lipinski definition) is 1. The van der Waals surface area contributed by atoms with Gasteiger partial charge < -0.3 is 10.2 Å². The number of carbonyl (C=O) groups excluding carboxylic acids is 2. The Morgan fingerprint density at radius 3 is 2.82 bits per heavy atom. The van der Waals surface area contributed by atoms with Crippen LogP contribution < -0.4 is 5.32 Å². The summed E-state index contributed by atoms with van der Waals surface area (Å²) in [6.07, 6.45) is 2.15. The van der Waals surface area contributed by atoms with Crippen molar-refractivity contribution >= 4 is 29.1 Å². The minimum atomic E-state index is -0.569. The lowest BCUT2D eigenvalue weighted by atomic mass is 10.2. The van der Waals surface area contributed by atoms with Crippen LogP contribution in [-0.2, 0) is 4.79 Å². The second-order valence-corrected chi connectivity index (χ2v) is 5.42. The molecule has 0 atom stereocenters. The number of non-ortho nitro benzene ring substituents is 1. The van der Waals surface area contributed by atoms with Gasteiger partial charge in [0.15, 0.2) is 0 Å². The molecule has 2 rings (SSSR count). The van der Waals surface area contributed by atoms with E-state index in [1.165, 1.54) is 12.1 Å². The molecular weight excluding hydrogens is 310 g/mol. The molecule has 0 saturated carbocycles. The number of nitro groups is 1. The molecule has 118 valence electrons. The normalized spacial score (nSPS) is 14.2. The Bertz CT molecular complexity index is 606. The van der Waals surface area contributed by atoms with Crippen LogP contribution in [0.4, 0.5) is 5.69 Å². The molecule has 0 radical (unpaired) electrons. The zero-order valence-corrected chi connectivity index (χ0v) is 12.6. The van der Waals surface area contributed by atoms with E-state index in [4.69, 9.17) is 11.6 Å². The maximum atomic E-state index is 12.0. The summed E-state index contributed by atoms with van der Waals surface area (Å²) < 4.78 is 0. The van der Waals surface area contributed by atoms with E-state index in [2.05, 4.69) is 5.32 Å². The van der Waals surface area contributed by atoms with Gasteiger partial charge in [0, 0.05) is 38.2 Å². The van der Waals surface area contributed by atoms with E-state index in [1.807, 2.05) is 0 Å². The third-order valence-corrected chi connectivity index (χ3v) is 3.78. The molecule has 0 spiro atoms. The second-order valence-electron chi connectivity index (χ2n) is 5.02. The largest absolute Gasteiger partial charge is 0.352 e. The first-order chi connectivity index (χ1) is 10.5. The van der Waals surface area contributed by atoms with E-state index in [0.29, 0.717) is 25.9 Å². The van der Waals surface area contributed by atoms with Crippen molar-refractivity contribution in [2.75, 3.05) is 19.6 Å². The lowest BCUT2D eigenvalue weighted by molar-refractivity contribution is -0.384. The first kappa shape index (κ1) is 16.2. The monoisotopic (exact) mass is 325 g/mol. The number of halogens is 1. The summed E-state index contributed by atoms with van der Waals surface area (Å²) in [7, 11) is 0. The SMILES string of the molecule is O=C(NCCCN1CCCC1=O)c1ccc([N+](=O)[O-])cc1Cl. The third kappa shape index (κ3) is 3.94. The fraction of sp³-hybridized carbons (Fsp3) is 0.429. The molecule has 1 aromatic carbocycles. The number of nitrogens with zero attached hydrogens (tertiary/aromatic N) is 2. The smallest absolute Gasteiger partial charge is 0.270 e. The number of rotatable bonds is 6. The highest BCUT2D eigenvalue weighted by Crippen LogP contribution is 2.22. The van der Waals surface area contributed by atoms with Gasteiger partial charge in [-0.3, -0.25) is 19.7 Å². The first-order valence-electron chi connectivity index (χ1n) is 6.99. The van der Waals surface area contributed by atoms with Crippen LogP contribution >= 0.6 is 11.6 Å². The first-order valence-corrected chi connectivity index (χ1v) is 7.37. The molecule has 1 aliphatic heterocycles. The van der Waals surface area contributed by atoms with Crippen LogP contribution in [0.2, 0.25) is 5.02 Å². The Morgan fingerprint density at radius 2 is 2.23 bits per heavy atom. The summed E-state index contributed by atoms with van der Waals surface area (Å²) in [5.41, 5.74) is 0.0404. The van der Waals surface area contributed by atoms with Crippen molar-refractivity contribution in [1.82, 2.24) is 10.2 Å². The van der Waals surface area contributed by atoms with E-state index in [1.54, 1.807) is 4.90 Å². The Hall–Kier alpha value is -2.15. The van der Waals surface area contributed by atoms with Gasteiger partial charge in [0.1, 0.15) is 0 Å². The number of benzene rings is 1. The topological polar surface area (TPSA) is 92.6 Å². The fourth-order valence-electron chi connectivity index (χ4n) is 2.31. The zero-order valence-electron chi connectivity index (χ0n) is 11.9. The zero-order chi connectivity index (χ0) is 16.1. The third-order valence-electron chi connectivity index (χ3n) is 3.47. The molecule has 0 bridgehead atoms. The van der Waals surface area contributed by atoms with Gasteiger partial charge in [0.2, 0.25) is 5.91 Å². The highest BCUT2D eigenvalue weighted by molar-refractivity contribution is 6.34. The standard InChI is InChI=1S/C14H16ClN3O4/c15-12-9-10(18(21)22)4-5-11(12)14(20)16-6-2-8-17-7-1-3-13(17)19/h4-5,9H,1-3,6-8H2,(H,16,20). The number of amides is 2. The maximum absolute atomic E-state index is 12.0. The fourth-order valence-corrected chi connectivity index (χ4v) is 2.57. The van der Waals surface area contributed by atoms with Gasteiger partial charge in [-0.15, -0.1) is 0 Å². The molecule has 1 heterocycles. The van der Waals surface area contributed by atoms with Crippen molar-refractivity contribution in [3.8, 4) is 0 Å². The van der Waals surface area contributed by atoms with Crippen molar-refractivity contribution < 1.29 is 14.5 Å². The van der Waals surface area contributed by atoms with Crippen LogP contribution in [0.3, 0.4) is 0 Å². The Kier molecular flexibility index (Phi) is 5.32. The van der Waals surface area contributed by atoms with E-state index in [0.717, 1.165) is 19.0 Å². The maximum Gasteiger partial charge on any atom is 0.270 e. The number of nitro benzene ring substituents is 1. The van der Waals surface area contributed by atoms with Gasteiger partial charge in [-0.25, -0.2) is 0 Å². The van der Waals surface area contributed by atoms with Crippen LogP contribution in [0, 0.1) is 10.1 Å². The van der Waals surface area contributed by atoms with E-state index < -0.39 is 4.92 Å². The molecule has 1 fully saturated rings. The summed E-state index contributed by atoms with van der Waals surface area (Å²) in [5, 5.41) is 13.4. The van der Waals surface area contributed by atoms with Crippen LogP contribution in [0.1, 0.15) is 29.6 Å². The Balaban J connectivity index is 1.82. The lowest BCUT2D eigenvalue weighted by Gasteiger charge is -2.15. The molecule has 7 nitrogen and oxygen atoms in total. The van der Waals surface area contributed by atoms with Crippen molar-refractivity contribution in [3.63, 3.8) is 0 Å². The van der Waals surface area contributed by atoms with E-state index in [9.17, 15) is 19.7 Å². The summed E-state index contributed by atoms with van der Waals surface area (Å²) in [6.45, 7) is 1.81. The quantitative estimate of drug-likeness (QED) is 0.492. The van der Waals surface area contributed by atoms with Gasteiger partial charge in [-0.05, 0) is 18.9 Å². The Labute approximate surface area is 132 Å². The summed E-state index contributed by atoms with van der Waals surface area (Å²) in [5.74, 6) is -0.225. The number of carbonyl (C=O) groups is 2. The lowest BCUT2D eigenvalue weighted by Crippen LogP contribution is -2.30. The molecular formula is C14H16ClN3O4. The molecule has 1 saturated heterocycles.